The van der Waals surface area contributed by atoms with Gasteiger partial charge in [0.05, 0.1) is 5.60 Å². The Hall–Kier alpha value is -0.0800. The van der Waals surface area contributed by atoms with Gasteiger partial charge in [-0.15, -0.1) is 0 Å². The number of likely N-dealkylation sites (N-methyl/N-ethyl adjacent to an activating group) is 1. The summed E-state index contributed by atoms with van der Waals surface area (Å²) in [5, 5.41) is 0. The SMILES string of the molecule is C[C@H]1CCOC2(C1)CN(C)C2. The van der Waals surface area contributed by atoms with Gasteiger partial charge in [0.25, 0.3) is 0 Å². The lowest BCUT2D eigenvalue weighted by Crippen LogP contribution is -2.63. The van der Waals surface area contributed by atoms with Crippen LogP contribution in [0, 0.1) is 5.92 Å². The van der Waals surface area contributed by atoms with Crippen molar-refractivity contribution in [3.05, 3.63) is 0 Å². The second-order valence-electron chi connectivity index (χ2n) is 4.30. The lowest BCUT2D eigenvalue weighted by molar-refractivity contribution is -0.170. The second kappa shape index (κ2) is 2.46. The average Bonchev–Trinajstić information content (AvgIpc) is 1.84. The molecule has 2 saturated heterocycles. The zero-order valence-corrected chi connectivity index (χ0v) is 7.47. The molecule has 2 aliphatic heterocycles. The third-order valence-corrected chi connectivity index (χ3v) is 2.86. The Labute approximate surface area is 68.5 Å². The lowest BCUT2D eigenvalue weighted by atomic mass is 9.82. The van der Waals surface area contributed by atoms with Gasteiger partial charge in [-0.25, -0.2) is 0 Å². The summed E-state index contributed by atoms with van der Waals surface area (Å²) >= 11 is 0. The molecule has 1 spiro atoms. The summed E-state index contributed by atoms with van der Waals surface area (Å²) in [6.45, 7) is 5.62. The minimum atomic E-state index is 0.270. The van der Waals surface area contributed by atoms with Crippen molar-refractivity contribution in [2.45, 2.75) is 25.4 Å². The van der Waals surface area contributed by atoms with Gasteiger partial charge in [-0.3, -0.25) is 0 Å². The Bertz CT molecular complexity index is 146. The first-order chi connectivity index (χ1) is 5.20. The molecular weight excluding hydrogens is 138 g/mol. The van der Waals surface area contributed by atoms with Gasteiger partial charge in [-0.1, -0.05) is 6.92 Å². The van der Waals surface area contributed by atoms with Crippen LogP contribution in [-0.4, -0.2) is 37.2 Å². The van der Waals surface area contributed by atoms with Crippen LogP contribution in [0.15, 0.2) is 0 Å². The standard InChI is InChI=1S/C9H17NO/c1-8-3-4-11-9(5-8)6-10(2)7-9/h8H,3-7H2,1-2H3/t8-/m0/s1. The molecule has 2 fully saturated rings. The Morgan fingerprint density at radius 3 is 2.73 bits per heavy atom. The summed E-state index contributed by atoms with van der Waals surface area (Å²) in [6.07, 6.45) is 2.53. The zero-order valence-electron chi connectivity index (χ0n) is 7.47. The Kier molecular flexibility index (Phi) is 1.69. The molecular formula is C9H17NO. The van der Waals surface area contributed by atoms with E-state index in [1.54, 1.807) is 0 Å². The van der Waals surface area contributed by atoms with E-state index in [1.165, 1.54) is 12.8 Å². The Balaban J connectivity index is 1.93. The molecule has 0 aromatic carbocycles. The molecule has 2 heteroatoms. The van der Waals surface area contributed by atoms with Crippen LogP contribution < -0.4 is 0 Å². The molecule has 1 atom stereocenters. The van der Waals surface area contributed by atoms with E-state index >= 15 is 0 Å². The van der Waals surface area contributed by atoms with Crippen molar-refractivity contribution >= 4 is 0 Å². The van der Waals surface area contributed by atoms with Crippen molar-refractivity contribution in [3.63, 3.8) is 0 Å². The van der Waals surface area contributed by atoms with Crippen LogP contribution in [0.4, 0.5) is 0 Å². The molecule has 64 valence electrons. The fraction of sp³-hybridized carbons (Fsp3) is 1.00. The zero-order chi connectivity index (χ0) is 7.90. The second-order valence-corrected chi connectivity index (χ2v) is 4.30. The van der Waals surface area contributed by atoms with Crippen LogP contribution in [0.1, 0.15) is 19.8 Å². The molecule has 0 amide bonds. The summed E-state index contributed by atoms with van der Waals surface area (Å²) in [4.78, 5) is 2.33. The predicted octanol–water partition coefficient (Wildman–Crippen LogP) is 1.12. The summed E-state index contributed by atoms with van der Waals surface area (Å²) in [6, 6.07) is 0. The highest BCUT2D eigenvalue weighted by molar-refractivity contribution is 4.98. The molecule has 0 aromatic heterocycles. The molecule has 2 nitrogen and oxygen atoms in total. The van der Waals surface area contributed by atoms with E-state index in [4.69, 9.17) is 4.74 Å². The maximum atomic E-state index is 5.80. The molecule has 11 heavy (non-hydrogen) atoms. The van der Waals surface area contributed by atoms with E-state index in [-0.39, 0.29) is 5.60 Å². The maximum Gasteiger partial charge on any atom is 0.0937 e. The van der Waals surface area contributed by atoms with Crippen molar-refractivity contribution in [1.82, 2.24) is 4.90 Å². The first-order valence-electron chi connectivity index (χ1n) is 4.53. The molecule has 2 rings (SSSR count). The van der Waals surface area contributed by atoms with Gasteiger partial charge in [0, 0.05) is 19.7 Å². The fourth-order valence-electron chi connectivity index (χ4n) is 2.43. The number of rotatable bonds is 0. The number of ether oxygens (including phenoxy) is 1. The van der Waals surface area contributed by atoms with Gasteiger partial charge in [-0.2, -0.15) is 0 Å². The molecule has 0 bridgehead atoms. The van der Waals surface area contributed by atoms with E-state index in [1.807, 2.05) is 0 Å². The molecule has 2 heterocycles. The summed E-state index contributed by atoms with van der Waals surface area (Å²) < 4.78 is 5.80. The van der Waals surface area contributed by atoms with Crippen LogP contribution in [0.25, 0.3) is 0 Å². The molecule has 0 radical (unpaired) electrons. The topological polar surface area (TPSA) is 12.5 Å². The maximum absolute atomic E-state index is 5.80. The molecule has 0 aliphatic carbocycles. The third kappa shape index (κ3) is 1.30. The largest absolute Gasteiger partial charge is 0.372 e. The number of hydrogen-bond acceptors (Lipinski definition) is 2. The van der Waals surface area contributed by atoms with E-state index in [0.717, 1.165) is 25.6 Å². The van der Waals surface area contributed by atoms with E-state index in [9.17, 15) is 0 Å². The van der Waals surface area contributed by atoms with E-state index < -0.39 is 0 Å². The molecule has 0 N–H and O–H groups in total. The minimum Gasteiger partial charge on any atom is -0.372 e. The van der Waals surface area contributed by atoms with Crippen molar-refractivity contribution < 1.29 is 4.74 Å². The summed E-state index contributed by atoms with van der Waals surface area (Å²) in [7, 11) is 2.16. The highest BCUT2D eigenvalue weighted by Crippen LogP contribution is 2.35. The highest BCUT2D eigenvalue weighted by atomic mass is 16.5. The molecule has 0 saturated carbocycles. The van der Waals surface area contributed by atoms with Gasteiger partial charge < -0.3 is 9.64 Å². The number of likely N-dealkylation sites (tertiary alicyclic amines) is 1. The van der Waals surface area contributed by atoms with Crippen LogP contribution in [-0.2, 0) is 4.74 Å². The predicted molar refractivity (Wildman–Crippen MR) is 44.6 cm³/mol. The quantitative estimate of drug-likeness (QED) is 0.519. The average molecular weight is 155 g/mol. The van der Waals surface area contributed by atoms with Gasteiger partial charge in [-0.05, 0) is 25.8 Å². The monoisotopic (exact) mass is 155 g/mol. The van der Waals surface area contributed by atoms with Crippen molar-refractivity contribution in [2.24, 2.45) is 5.92 Å². The van der Waals surface area contributed by atoms with Gasteiger partial charge >= 0.3 is 0 Å². The fourth-order valence-corrected chi connectivity index (χ4v) is 2.43. The molecule has 0 unspecified atom stereocenters. The van der Waals surface area contributed by atoms with Crippen LogP contribution >= 0.6 is 0 Å². The van der Waals surface area contributed by atoms with Crippen LogP contribution in [0.3, 0.4) is 0 Å². The lowest BCUT2D eigenvalue weighted by Gasteiger charge is -2.51. The number of nitrogens with zero attached hydrogens (tertiary/aromatic N) is 1. The first-order valence-corrected chi connectivity index (χ1v) is 4.53. The van der Waals surface area contributed by atoms with Gasteiger partial charge in [0.2, 0.25) is 0 Å². The van der Waals surface area contributed by atoms with E-state index in [2.05, 4.69) is 18.9 Å². The molecule has 0 aromatic rings. The third-order valence-electron chi connectivity index (χ3n) is 2.86. The first kappa shape index (κ1) is 7.56. The Morgan fingerprint density at radius 1 is 1.45 bits per heavy atom. The van der Waals surface area contributed by atoms with Gasteiger partial charge in [0.1, 0.15) is 0 Å². The summed E-state index contributed by atoms with van der Waals surface area (Å²) in [5.41, 5.74) is 0.270. The molecule has 2 aliphatic rings. The Morgan fingerprint density at radius 2 is 2.18 bits per heavy atom. The van der Waals surface area contributed by atoms with Gasteiger partial charge in [0.15, 0.2) is 0 Å². The van der Waals surface area contributed by atoms with Crippen LogP contribution in [0.5, 0.6) is 0 Å². The van der Waals surface area contributed by atoms with Crippen LogP contribution in [0.2, 0.25) is 0 Å². The number of hydrogen-bond donors (Lipinski definition) is 0. The van der Waals surface area contributed by atoms with Crippen molar-refractivity contribution in [3.8, 4) is 0 Å². The van der Waals surface area contributed by atoms with E-state index in [0.29, 0.717) is 0 Å². The van der Waals surface area contributed by atoms with Crippen molar-refractivity contribution in [1.29, 1.82) is 0 Å². The minimum absolute atomic E-state index is 0.270. The summed E-state index contributed by atoms with van der Waals surface area (Å²) in [5.74, 6) is 0.873. The normalized spacial score (nSPS) is 37.1. The van der Waals surface area contributed by atoms with Crippen molar-refractivity contribution in [2.75, 3.05) is 26.7 Å². The smallest absolute Gasteiger partial charge is 0.0937 e. The highest BCUT2D eigenvalue weighted by Gasteiger charge is 2.44.